The highest BCUT2D eigenvalue weighted by atomic mass is 15.1. The second-order valence-corrected chi connectivity index (χ2v) is 7.34. The zero-order chi connectivity index (χ0) is 14.3. The van der Waals surface area contributed by atoms with Crippen molar-refractivity contribution in [3.05, 3.63) is 0 Å². The molecule has 2 atom stereocenters. The number of hydrogen-bond acceptors (Lipinski definition) is 2. The molecule has 2 nitrogen and oxygen atoms in total. The molecule has 1 saturated carbocycles. The van der Waals surface area contributed by atoms with Gasteiger partial charge in [0, 0.05) is 12.6 Å². The second kappa shape index (κ2) is 8.26. The molecule has 0 aromatic rings. The lowest BCUT2D eigenvalue weighted by molar-refractivity contribution is 0.108. The number of rotatable bonds is 8. The molecule has 0 radical (unpaired) electrons. The first-order chi connectivity index (χ1) is 8.98. The Hall–Kier alpha value is -0.0800. The second-order valence-electron chi connectivity index (χ2n) is 7.34. The van der Waals surface area contributed by atoms with Crippen molar-refractivity contribution in [3.8, 4) is 0 Å². The maximum Gasteiger partial charge on any atom is 0.0108 e. The molecule has 114 valence electrons. The van der Waals surface area contributed by atoms with Gasteiger partial charge in [-0.15, -0.1) is 0 Å². The first-order valence-electron chi connectivity index (χ1n) is 8.40. The molecule has 1 fully saturated rings. The van der Waals surface area contributed by atoms with Gasteiger partial charge in [0.2, 0.25) is 0 Å². The number of hydrogen-bond donors (Lipinski definition) is 1. The molecule has 0 saturated heterocycles. The van der Waals surface area contributed by atoms with Crippen LogP contribution in [0.15, 0.2) is 0 Å². The van der Waals surface area contributed by atoms with Crippen LogP contribution in [0.2, 0.25) is 0 Å². The van der Waals surface area contributed by atoms with Crippen LogP contribution in [0.4, 0.5) is 0 Å². The summed E-state index contributed by atoms with van der Waals surface area (Å²) in [4.78, 5) is 2.55. The first kappa shape index (κ1) is 17.0. The van der Waals surface area contributed by atoms with E-state index < -0.39 is 0 Å². The summed E-state index contributed by atoms with van der Waals surface area (Å²) in [5.74, 6) is 0.831. The minimum absolute atomic E-state index is 0.542. The summed E-state index contributed by atoms with van der Waals surface area (Å²) in [6, 6.07) is 0.747. The van der Waals surface area contributed by atoms with Gasteiger partial charge < -0.3 is 10.2 Å². The van der Waals surface area contributed by atoms with E-state index >= 15 is 0 Å². The summed E-state index contributed by atoms with van der Waals surface area (Å²) >= 11 is 0. The predicted octanol–water partition coefficient (Wildman–Crippen LogP) is 3.91. The van der Waals surface area contributed by atoms with E-state index in [9.17, 15) is 0 Å². The predicted molar refractivity (Wildman–Crippen MR) is 85.6 cm³/mol. The normalized spacial score (nSPS) is 26.8. The van der Waals surface area contributed by atoms with Crippen molar-refractivity contribution in [2.75, 3.05) is 26.7 Å². The standard InChI is InChI=1S/C17H36N2/c1-6-8-12-19(5)14-15-13-17(3,4)10-9-16(15)18-11-7-2/h15-16,18H,6-14H2,1-5H3. The molecule has 2 unspecified atom stereocenters. The molecule has 0 spiro atoms. The van der Waals surface area contributed by atoms with Crippen molar-refractivity contribution < 1.29 is 0 Å². The van der Waals surface area contributed by atoms with Crippen molar-refractivity contribution in [1.29, 1.82) is 0 Å². The minimum Gasteiger partial charge on any atom is -0.314 e. The molecule has 0 aromatic carbocycles. The summed E-state index contributed by atoms with van der Waals surface area (Å²) in [5, 5.41) is 3.79. The van der Waals surface area contributed by atoms with Crippen LogP contribution in [0.25, 0.3) is 0 Å². The van der Waals surface area contributed by atoms with Crippen LogP contribution in [-0.2, 0) is 0 Å². The quantitative estimate of drug-likeness (QED) is 0.718. The van der Waals surface area contributed by atoms with Gasteiger partial charge in [0.15, 0.2) is 0 Å². The lowest BCUT2D eigenvalue weighted by Crippen LogP contribution is -2.47. The van der Waals surface area contributed by atoms with Crippen molar-refractivity contribution in [2.45, 2.75) is 72.3 Å². The maximum atomic E-state index is 3.79. The third-order valence-electron chi connectivity index (χ3n) is 4.61. The Morgan fingerprint density at radius 2 is 1.95 bits per heavy atom. The number of nitrogens with zero attached hydrogens (tertiary/aromatic N) is 1. The van der Waals surface area contributed by atoms with Crippen molar-refractivity contribution in [2.24, 2.45) is 11.3 Å². The Bertz CT molecular complexity index is 237. The minimum atomic E-state index is 0.542. The lowest BCUT2D eigenvalue weighted by Gasteiger charge is -2.42. The largest absolute Gasteiger partial charge is 0.314 e. The molecule has 0 bridgehead atoms. The van der Waals surface area contributed by atoms with Crippen LogP contribution in [0.5, 0.6) is 0 Å². The topological polar surface area (TPSA) is 15.3 Å². The molecular formula is C17H36N2. The van der Waals surface area contributed by atoms with Gasteiger partial charge in [-0.25, -0.2) is 0 Å². The van der Waals surface area contributed by atoms with Crippen LogP contribution in [0.1, 0.15) is 66.2 Å². The van der Waals surface area contributed by atoms with Gasteiger partial charge >= 0.3 is 0 Å². The van der Waals surface area contributed by atoms with Crippen LogP contribution in [0, 0.1) is 11.3 Å². The van der Waals surface area contributed by atoms with Crippen LogP contribution in [-0.4, -0.2) is 37.6 Å². The van der Waals surface area contributed by atoms with E-state index in [1.807, 2.05) is 0 Å². The van der Waals surface area contributed by atoms with E-state index in [1.165, 1.54) is 58.2 Å². The van der Waals surface area contributed by atoms with Gasteiger partial charge in [-0.1, -0.05) is 34.1 Å². The molecule has 0 amide bonds. The highest BCUT2D eigenvalue weighted by Gasteiger charge is 2.34. The Morgan fingerprint density at radius 3 is 2.58 bits per heavy atom. The summed E-state index contributed by atoms with van der Waals surface area (Å²) in [6.45, 7) is 13.1. The summed E-state index contributed by atoms with van der Waals surface area (Å²) in [6.07, 6.45) is 8.00. The van der Waals surface area contributed by atoms with Crippen LogP contribution >= 0.6 is 0 Å². The highest BCUT2D eigenvalue weighted by Crippen LogP contribution is 2.39. The number of nitrogens with one attached hydrogen (secondary N) is 1. The van der Waals surface area contributed by atoms with E-state index in [0.717, 1.165) is 12.0 Å². The SMILES string of the molecule is CCCCN(C)CC1CC(C)(C)CCC1NCCC. The molecule has 0 heterocycles. The molecule has 0 aromatic heterocycles. The monoisotopic (exact) mass is 268 g/mol. The van der Waals surface area contributed by atoms with Gasteiger partial charge in [-0.3, -0.25) is 0 Å². The smallest absolute Gasteiger partial charge is 0.0108 e. The number of unbranched alkanes of at least 4 members (excludes halogenated alkanes) is 1. The van der Waals surface area contributed by atoms with E-state index in [0.29, 0.717) is 5.41 Å². The molecule has 1 aliphatic rings. The Morgan fingerprint density at radius 1 is 1.21 bits per heavy atom. The van der Waals surface area contributed by atoms with Crippen molar-refractivity contribution in [1.82, 2.24) is 10.2 Å². The van der Waals surface area contributed by atoms with E-state index in [2.05, 4.69) is 45.0 Å². The van der Waals surface area contributed by atoms with Crippen molar-refractivity contribution in [3.63, 3.8) is 0 Å². The molecule has 19 heavy (non-hydrogen) atoms. The van der Waals surface area contributed by atoms with Gasteiger partial charge in [-0.05, 0) is 63.6 Å². The summed E-state index contributed by atoms with van der Waals surface area (Å²) in [5.41, 5.74) is 0.542. The fourth-order valence-corrected chi connectivity index (χ4v) is 3.45. The van der Waals surface area contributed by atoms with Gasteiger partial charge in [-0.2, -0.15) is 0 Å². The average Bonchev–Trinajstić information content (AvgIpc) is 2.34. The average molecular weight is 268 g/mol. The van der Waals surface area contributed by atoms with Gasteiger partial charge in [0.25, 0.3) is 0 Å². The van der Waals surface area contributed by atoms with Gasteiger partial charge in [0.05, 0.1) is 0 Å². The molecular weight excluding hydrogens is 232 g/mol. The van der Waals surface area contributed by atoms with E-state index in [4.69, 9.17) is 0 Å². The summed E-state index contributed by atoms with van der Waals surface area (Å²) < 4.78 is 0. The molecule has 1 aliphatic carbocycles. The fraction of sp³-hybridized carbons (Fsp3) is 1.00. The Labute approximate surface area is 121 Å². The highest BCUT2D eigenvalue weighted by molar-refractivity contribution is 4.90. The summed E-state index contributed by atoms with van der Waals surface area (Å²) in [7, 11) is 2.30. The molecule has 1 N–H and O–H groups in total. The molecule has 2 heteroatoms. The molecule has 0 aliphatic heterocycles. The van der Waals surface area contributed by atoms with E-state index in [-0.39, 0.29) is 0 Å². The lowest BCUT2D eigenvalue weighted by atomic mass is 9.69. The third kappa shape index (κ3) is 6.27. The Kier molecular flexibility index (Phi) is 7.38. The first-order valence-corrected chi connectivity index (χ1v) is 8.40. The van der Waals surface area contributed by atoms with Crippen LogP contribution < -0.4 is 5.32 Å². The van der Waals surface area contributed by atoms with Crippen molar-refractivity contribution >= 4 is 0 Å². The zero-order valence-electron chi connectivity index (χ0n) is 14.0. The van der Waals surface area contributed by atoms with Crippen LogP contribution in [0.3, 0.4) is 0 Å². The maximum absolute atomic E-state index is 3.79. The molecule has 1 rings (SSSR count). The zero-order valence-corrected chi connectivity index (χ0v) is 14.0. The Balaban J connectivity index is 2.50. The fourth-order valence-electron chi connectivity index (χ4n) is 3.45. The van der Waals surface area contributed by atoms with Gasteiger partial charge in [0.1, 0.15) is 0 Å². The third-order valence-corrected chi connectivity index (χ3v) is 4.61. The van der Waals surface area contributed by atoms with E-state index in [1.54, 1.807) is 0 Å².